The van der Waals surface area contributed by atoms with E-state index in [1.165, 1.54) is 0 Å². The fourth-order valence-electron chi connectivity index (χ4n) is 1.19. The van der Waals surface area contributed by atoms with Crippen LogP contribution in [0.3, 0.4) is 0 Å². The van der Waals surface area contributed by atoms with E-state index >= 15 is 0 Å². The van der Waals surface area contributed by atoms with Crippen LogP contribution in [0.4, 0.5) is 52.7 Å². The van der Waals surface area contributed by atoms with E-state index in [1.54, 1.807) is 5.11 Å². The Labute approximate surface area is 116 Å². The molecule has 0 radical (unpaired) electrons. The van der Waals surface area contributed by atoms with E-state index in [2.05, 4.69) is 0 Å². The molecule has 1 heterocycles. The molecule has 0 spiro atoms. The van der Waals surface area contributed by atoms with Gasteiger partial charge in [-0.15, -0.1) is 10.2 Å². The fraction of sp³-hybridized carbons (Fsp3) is 0.714. The molecule has 0 aromatic rings. The molecule has 1 aliphatic heterocycles. The number of halogens is 12. The third kappa shape index (κ3) is 3.12. The van der Waals surface area contributed by atoms with Gasteiger partial charge < -0.3 is 0 Å². The summed E-state index contributed by atoms with van der Waals surface area (Å²) in [6, 6.07) is 0. The first kappa shape index (κ1) is 18.9. The topological polar surface area (TPSA) is 24.7 Å². The smallest absolute Gasteiger partial charge is 0.167 e. The lowest BCUT2D eigenvalue weighted by molar-refractivity contribution is -0.262. The molecule has 22 heavy (non-hydrogen) atoms. The van der Waals surface area contributed by atoms with E-state index in [9.17, 15) is 52.7 Å². The summed E-state index contributed by atoms with van der Waals surface area (Å²) in [4.78, 5) is -5.23. The Morgan fingerprint density at radius 3 is 1.32 bits per heavy atom. The van der Waals surface area contributed by atoms with Crippen LogP contribution in [0.2, 0.25) is 0 Å². The monoisotopic (exact) mass is 372 g/mol. The molecule has 0 saturated carbocycles. The lowest BCUT2D eigenvalue weighted by Gasteiger charge is -2.28. The molecule has 0 N–H and O–H groups in total. The SMILES string of the molecule is FC(F)(F)C(=C1N=NC(C(F)(F)F)(C(F)(F)F)S1)C(F)(F)F. The lowest BCUT2D eigenvalue weighted by Crippen LogP contribution is -2.51. The predicted molar refractivity (Wildman–Crippen MR) is 46.4 cm³/mol. The first-order valence-corrected chi connectivity index (χ1v) is 5.39. The van der Waals surface area contributed by atoms with Crippen molar-refractivity contribution in [1.82, 2.24) is 0 Å². The van der Waals surface area contributed by atoms with Crippen molar-refractivity contribution in [2.45, 2.75) is 29.6 Å². The third-order valence-electron chi connectivity index (χ3n) is 2.08. The third-order valence-corrected chi connectivity index (χ3v) is 3.39. The molecule has 0 aromatic carbocycles. The van der Waals surface area contributed by atoms with Crippen LogP contribution >= 0.6 is 11.8 Å². The van der Waals surface area contributed by atoms with Crippen LogP contribution in [0.25, 0.3) is 0 Å². The van der Waals surface area contributed by atoms with Gasteiger partial charge in [-0.25, -0.2) is 0 Å². The van der Waals surface area contributed by atoms with E-state index in [-0.39, 0.29) is 0 Å². The standard InChI is InChI=1S/C7F12N2S/c8-3(9,10)1(4(11,12)13)2-20-21-5(22-2,6(14,15)16)7(17,18)19. The summed E-state index contributed by atoms with van der Waals surface area (Å²) in [7, 11) is 0. The molecule has 2 nitrogen and oxygen atoms in total. The summed E-state index contributed by atoms with van der Waals surface area (Å²) in [5, 5.41) is 0.902. The van der Waals surface area contributed by atoms with E-state index in [4.69, 9.17) is 0 Å². The summed E-state index contributed by atoms with van der Waals surface area (Å²) >= 11 is -1.81. The van der Waals surface area contributed by atoms with Gasteiger partial charge in [-0.05, 0) is 0 Å². The summed E-state index contributed by atoms with van der Waals surface area (Å²) in [5.74, 6) is 0. The Balaban J connectivity index is 3.54. The van der Waals surface area contributed by atoms with Crippen molar-refractivity contribution >= 4 is 11.8 Å². The first-order chi connectivity index (χ1) is 9.43. The second-order valence-electron chi connectivity index (χ2n) is 3.62. The van der Waals surface area contributed by atoms with Gasteiger partial charge in [-0.3, -0.25) is 0 Å². The predicted octanol–water partition coefficient (Wildman–Crippen LogP) is 5.34. The molecule has 0 amide bonds. The summed E-state index contributed by atoms with van der Waals surface area (Å²) in [6.07, 6.45) is -25.2. The minimum Gasteiger partial charge on any atom is -0.167 e. The number of hydrogen-bond acceptors (Lipinski definition) is 3. The number of nitrogens with zero attached hydrogens (tertiary/aromatic N) is 2. The highest BCUT2D eigenvalue weighted by Gasteiger charge is 2.76. The Morgan fingerprint density at radius 2 is 1.09 bits per heavy atom. The zero-order valence-electron chi connectivity index (χ0n) is 9.34. The molecule has 15 heteroatoms. The molecular formula is C7F12N2S. The highest BCUT2D eigenvalue weighted by Crippen LogP contribution is 2.61. The molecule has 1 rings (SSSR count). The van der Waals surface area contributed by atoms with Gasteiger partial charge in [0, 0.05) is 0 Å². The molecule has 0 unspecified atom stereocenters. The van der Waals surface area contributed by atoms with Crippen molar-refractivity contribution in [3.8, 4) is 0 Å². The van der Waals surface area contributed by atoms with Crippen LogP contribution in [0.15, 0.2) is 20.8 Å². The first-order valence-electron chi connectivity index (χ1n) is 4.57. The summed E-state index contributed by atoms with van der Waals surface area (Å²) < 4.78 is 148. The number of rotatable bonds is 0. The van der Waals surface area contributed by atoms with Crippen LogP contribution in [0.1, 0.15) is 0 Å². The maximum Gasteiger partial charge on any atom is 0.434 e. The van der Waals surface area contributed by atoms with E-state index < -0.39 is 51.9 Å². The van der Waals surface area contributed by atoms with Crippen LogP contribution in [-0.2, 0) is 0 Å². The highest BCUT2D eigenvalue weighted by atomic mass is 32.2. The minimum absolute atomic E-state index is 1.62. The quantitative estimate of drug-likeness (QED) is 0.527. The summed E-state index contributed by atoms with van der Waals surface area (Å²) in [5.41, 5.74) is -3.59. The van der Waals surface area contributed by atoms with Crippen LogP contribution in [-0.4, -0.2) is 29.6 Å². The molecule has 0 bridgehead atoms. The lowest BCUT2D eigenvalue weighted by atomic mass is 10.3. The molecule has 1 aliphatic rings. The van der Waals surface area contributed by atoms with Crippen LogP contribution < -0.4 is 0 Å². The normalized spacial score (nSPS) is 19.7. The second kappa shape index (κ2) is 4.92. The molecule has 0 aromatic heterocycles. The minimum atomic E-state index is -6.32. The van der Waals surface area contributed by atoms with E-state index in [0.717, 1.165) is 0 Å². The molecule has 0 saturated heterocycles. The number of allylic oxidation sites excluding steroid dienone is 1. The van der Waals surface area contributed by atoms with Gasteiger partial charge in [0.25, 0.3) is 0 Å². The summed E-state index contributed by atoms with van der Waals surface area (Å²) in [6.45, 7) is 0. The number of hydrogen-bond donors (Lipinski definition) is 0. The number of azo groups is 1. The molecule has 0 fully saturated rings. The number of alkyl halides is 12. The Kier molecular flexibility index (Phi) is 4.23. The molecule has 0 aliphatic carbocycles. The maximum absolute atomic E-state index is 12.5. The van der Waals surface area contributed by atoms with Gasteiger partial charge >= 0.3 is 29.6 Å². The second-order valence-corrected chi connectivity index (χ2v) is 4.80. The van der Waals surface area contributed by atoms with Crippen molar-refractivity contribution in [1.29, 1.82) is 0 Å². The zero-order valence-corrected chi connectivity index (χ0v) is 10.2. The van der Waals surface area contributed by atoms with Gasteiger partial charge in [-0.1, -0.05) is 11.8 Å². The van der Waals surface area contributed by atoms with Crippen LogP contribution in [0, 0.1) is 0 Å². The highest BCUT2D eigenvalue weighted by molar-refractivity contribution is 8.04. The van der Waals surface area contributed by atoms with Gasteiger partial charge in [0.05, 0.1) is 0 Å². The Hall–Kier alpha value is -1.15. The van der Waals surface area contributed by atoms with Crippen molar-refractivity contribution in [2.24, 2.45) is 10.2 Å². The number of thioether (sulfide) groups is 1. The van der Waals surface area contributed by atoms with Crippen molar-refractivity contribution in [2.75, 3.05) is 0 Å². The average Bonchev–Trinajstić information content (AvgIpc) is 2.55. The molecule has 0 atom stereocenters. The maximum atomic E-state index is 12.5. The van der Waals surface area contributed by atoms with Gasteiger partial charge in [0.1, 0.15) is 5.03 Å². The van der Waals surface area contributed by atoms with Crippen molar-refractivity contribution in [3.63, 3.8) is 0 Å². The van der Waals surface area contributed by atoms with E-state index in [1.807, 2.05) is 5.11 Å². The van der Waals surface area contributed by atoms with Crippen molar-refractivity contribution < 1.29 is 52.7 Å². The van der Waals surface area contributed by atoms with Gasteiger partial charge in [-0.2, -0.15) is 52.7 Å². The average molecular weight is 372 g/mol. The largest absolute Gasteiger partial charge is 0.434 e. The van der Waals surface area contributed by atoms with Gasteiger partial charge in [0.2, 0.25) is 0 Å². The Morgan fingerprint density at radius 1 is 0.727 bits per heavy atom. The molecular weight excluding hydrogens is 372 g/mol. The Bertz CT molecular complexity index is 474. The van der Waals surface area contributed by atoms with Gasteiger partial charge in [0.15, 0.2) is 5.57 Å². The zero-order chi connectivity index (χ0) is 17.8. The van der Waals surface area contributed by atoms with E-state index in [0.29, 0.717) is 0 Å². The molecule has 128 valence electrons. The van der Waals surface area contributed by atoms with Crippen molar-refractivity contribution in [3.05, 3.63) is 10.6 Å². The fourth-order valence-corrected chi connectivity index (χ4v) is 2.20. The van der Waals surface area contributed by atoms with Crippen LogP contribution in [0.5, 0.6) is 0 Å².